The second kappa shape index (κ2) is 15.9. The number of allylic oxidation sites excluding steroid dienone is 17. The van der Waals surface area contributed by atoms with Crippen LogP contribution in [0.2, 0.25) is 0 Å². The minimum atomic E-state index is -0.528. The van der Waals surface area contributed by atoms with Crippen LogP contribution in [0.5, 0.6) is 0 Å². The largest absolute Gasteiger partial charge is 0.465 e. The topological polar surface area (TPSA) is 76.2 Å². The van der Waals surface area contributed by atoms with Crippen molar-refractivity contribution in [1.29, 1.82) is 0 Å². The smallest absolute Gasteiger partial charge is 0.334 e. The molecule has 54 heavy (non-hydrogen) atoms. The molecule has 1 saturated carbocycles. The zero-order chi connectivity index (χ0) is 40.6. The van der Waals surface area contributed by atoms with Gasteiger partial charge in [0.05, 0.1) is 0 Å². The fraction of sp³-hybridized carbons (Fsp3) is 0.553. The monoisotopic (exact) mass is 738 g/mol. The lowest BCUT2D eigenvalue weighted by Crippen LogP contribution is -2.59. The van der Waals surface area contributed by atoms with Crippen LogP contribution < -0.4 is 0 Å². The van der Waals surface area contributed by atoms with E-state index in [1.807, 2.05) is 20.8 Å². The number of ether oxygens (including phenoxy) is 2. The van der Waals surface area contributed by atoms with Gasteiger partial charge in [0.1, 0.15) is 28.6 Å². The van der Waals surface area contributed by atoms with E-state index in [1.54, 1.807) is 0 Å². The fourth-order valence-electron chi connectivity index (χ4n) is 6.44. The maximum absolute atomic E-state index is 14.5. The number of carbonyl (C=O) groups is 3. The molecule has 3 heterocycles. The summed E-state index contributed by atoms with van der Waals surface area (Å²) in [6.07, 6.45) is 19.9. The lowest BCUT2D eigenvalue weighted by molar-refractivity contribution is -0.137. The van der Waals surface area contributed by atoms with Gasteiger partial charge < -0.3 is 9.47 Å². The van der Waals surface area contributed by atoms with Gasteiger partial charge in [0.25, 0.3) is 11.8 Å². The van der Waals surface area contributed by atoms with Crippen LogP contribution in [0, 0.1) is 21.7 Å². The molecule has 4 rings (SSSR count). The molecule has 0 aromatic heterocycles. The van der Waals surface area contributed by atoms with Crippen molar-refractivity contribution in [2.24, 2.45) is 21.7 Å². The minimum Gasteiger partial charge on any atom is -0.465 e. The predicted octanol–water partition coefficient (Wildman–Crippen LogP) is 12.0. The molecule has 0 N–H and O–H groups in total. The van der Waals surface area contributed by atoms with Gasteiger partial charge in [-0.1, -0.05) is 128 Å². The highest BCUT2D eigenvalue weighted by Gasteiger charge is 2.46. The molecule has 1 atom stereocenters. The summed E-state index contributed by atoms with van der Waals surface area (Å²) < 4.78 is 12.8. The maximum atomic E-state index is 14.5. The normalized spacial score (nSPS) is 21.3. The van der Waals surface area contributed by atoms with Gasteiger partial charge in [-0.05, 0) is 84.8 Å². The zero-order valence-corrected chi connectivity index (χ0v) is 35.9. The number of rotatable bonds is 7. The molecule has 7 heteroatoms. The van der Waals surface area contributed by atoms with E-state index in [4.69, 9.17) is 9.47 Å². The number of hydrogen-bond donors (Lipinski definition) is 0. The van der Waals surface area contributed by atoms with Crippen molar-refractivity contribution in [3.05, 3.63) is 105 Å². The first-order chi connectivity index (χ1) is 24.9. The highest BCUT2D eigenvalue weighted by atomic mass is 16.5. The van der Waals surface area contributed by atoms with Gasteiger partial charge in [-0.2, -0.15) is 0 Å². The fourth-order valence-corrected chi connectivity index (χ4v) is 6.44. The van der Waals surface area contributed by atoms with Gasteiger partial charge in [-0.25, -0.2) is 4.79 Å². The van der Waals surface area contributed by atoms with Crippen LogP contribution in [-0.4, -0.2) is 40.2 Å². The number of hydrogen-bond acceptors (Lipinski definition) is 5. The molecule has 2 fully saturated rings. The van der Waals surface area contributed by atoms with Crippen LogP contribution in [0.4, 0.5) is 4.79 Å². The van der Waals surface area contributed by atoms with E-state index in [0.29, 0.717) is 31.3 Å². The first-order valence-corrected chi connectivity index (χ1v) is 19.9. The summed E-state index contributed by atoms with van der Waals surface area (Å²) in [6, 6.07) is -0.893. The highest BCUT2D eigenvalue weighted by Crippen LogP contribution is 2.43. The van der Waals surface area contributed by atoms with E-state index in [2.05, 4.69) is 132 Å². The molecule has 4 amide bonds. The van der Waals surface area contributed by atoms with E-state index < -0.39 is 17.8 Å². The van der Waals surface area contributed by atoms with E-state index >= 15 is 0 Å². The Labute approximate surface area is 326 Å². The minimum absolute atomic E-state index is 0.0745. The number of urea groups is 1. The molecule has 0 aromatic carbocycles. The number of nitrogens with zero attached hydrogens (tertiary/aromatic N) is 2. The van der Waals surface area contributed by atoms with Gasteiger partial charge in [0, 0.05) is 34.2 Å². The molecule has 1 saturated heterocycles. The summed E-state index contributed by atoms with van der Waals surface area (Å²) in [4.78, 5) is 45.3. The number of imide groups is 2. The van der Waals surface area contributed by atoms with Crippen LogP contribution in [0.25, 0.3) is 0 Å². The molecule has 3 aliphatic heterocycles. The molecule has 1 unspecified atom stereocenters. The molecule has 0 bridgehead atoms. The van der Waals surface area contributed by atoms with Crippen LogP contribution >= 0.6 is 0 Å². The SMILES string of the molecule is CCCCN1C(=O)C(=C2/C(=C/C=C3C=C(C(C)(C)C)OC(C(C)(C)C)=C3)CC/C2=C\C=C2C=C(C(C)(C)C)OC(C(C)(C)C)=C2)C(=O)N(C(C)CC)C1=O. The van der Waals surface area contributed by atoms with Crippen molar-refractivity contribution in [3.8, 4) is 0 Å². The number of unbranched alkanes of at least 4 members (excludes halogenated alkanes) is 1. The number of barbiturate groups is 1. The Kier molecular flexibility index (Phi) is 12.6. The van der Waals surface area contributed by atoms with Gasteiger partial charge in [-0.15, -0.1) is 0 Å². The van der Waals surface area contributed by atoms with Gasteiger partial charge >= 0.3 is 6.03 Å². The summed E-state index contributed by atoms with van der Waals surface area (Å²) in [5, 5.41) is 0. The quantitative estimate of drug-likeness (QED) is 0.192. The van der Waals surface area contributed by atoms with E-state index in [1.165, 1.54) is 9.80 Å². The Morgan fingerprint density at radius 2 is 1.00 bits per heavy atom. The second-order valence-corrected chi connectivity index (χ2v) is 19.2. The van der Waals surface area contributed by atoms with Crippen LogP contribution in [0.3, 0.4) is 0 Å². The van der Waals surface area contributed by atoms with Crippen molar-refractivity contribution < 1.29 is 23.9 Å². The summed E-state index contributed by atoms with van der Waals surface area (Å²) >= 11 is 0. The van der Waals surface area contributed by atoms with Crippen molar-refractivity contribution in [3.63, 3.8) is 0 Å². The van der Waals surface area contributed by atoms with E-state index in [-0.39, 0.29) is 39.8 Å². The van der Waals surface area contributed by atoms with E-state index in [0.717, 1.165) is 51.7 Å². The average molecular weight is 739 g/mol. The maximum Gasteiger partial charge on any atom is 0.334 e. The lowest BCUT2D eigenvalue weighted by Gasteiger charge is -2.37. The van der Waals surface area contributed by atoms with Crippen molar-refractivity contribution in [2.75, 3.05) is 6.54 Å². The molecule has 7 nitrogen and oxygen atoms in total. The summed E-state index contributed by atoms with van der Waals surface area (Å²) in [5.41, 5.74) is 3.63. The van der Waals surface area contributed by atoms with Crippen LogP contribution in [0.15, 0.2) is 105 Å². The third-order valence-electron chi connectivity index (χ3n) is 10.2. The first-order valence-electron chi connectivity index (χ1n) is 19.9. The molecule has 294 valence electrons. The van der Waals surface area contributed by atoms with E-state index in [9.17, 15) is 14.4 Å². The molecule has 0 radical (unpaired) electrons. The van der Waals surface area contributed by atoms with Crippen LogP contribution in [0.1, 0.15) is 136 Å². The summed E-state index contributed by atoms with van der Waals surface area (Å²) in [7, 11) is 0. The Bertz CT molecular complexity index is 1660. The molecular weight excluding hydrogens is 673 g/mol. The van der Waals surface area contributed by atoms with Crippen molar-refractivity contribution >= 4 is 17.8 Å². The van der Waals surface area contributed by atoms with Crippen LogP contribution in [-0.2, 0) is 19.1 Å². The second-order valence-electron chi connectivity index (χ2n) is 19.2. The number of carbonyl (C=O) groups excluding carboxylic acids is 3. The van der Waals surface area contributed by atoms with Gasteiger partial charge in [0.2, 0.25) is 0 Å². The van der Waals surface area contributed by atoms with Gasteiger partial charge in [0.15, 0.2) is 0 Å². The Balaban J connectivity index is 2.00. The third kappa shape index (κ3) is 9.56. The first kappa shape index (κ1) is 42.6. The van der Waals surface area contributed by atoms with Gasteiger partial charge in [-0.3, -0.25) is 19.4 Å². The van der Waals surface area contributed by atoms with Crippen molar-refractivity contribution in [2.45, 2.75) is 142 Å². The lowest BCUT2D eigenvalue weighted by atomic mass is 9.87. The molecule has 0 aromatic rings. The highest BCUT2D eigenvalue weighted by molar-refractivity contribution is 6.30. The molecule has 1 aliphatic carbocycles. The Morgan fingerprint density at radius 3 is 1.33 bits per heavy atom. The summed E-state index contributed by atoms with van der Waals surface area (Å²) in [6.45, 7) is 31.8. The standard InChI is InChI=1S/C47H66N2O5/c1-16-18-25-48-41(50)40(42(51)49(43(48)52)30(3)17-2)39-33(21-19-31-26-35(44(4,5)6)53-36(27-31)45(7,8)9)23-24-34(39)22-20-32-28-37(46(10,11)12)54-38(29-32)47(13,14)15/h19-22,26-30H,16-18,23-25H2,1-15H3/b33-21+,34-22+. The molecule has 0 spiro atoms. The zero-order valence-electron chi connectivity index (χ0n) is 35.9. The third-order valence-corrected chi connectivity index (χ3v) is 10.2. The molecule has 4 aliphatic rings. The van der Waals surface area contributed by atoms with Crippen molar-refractivity contribution in [1.82, 2.24) is 9.80 Å². The molecular formula is C47H66N2O5. The summed E-state index contributed by atoms with van der Waals surface area (Å²) in [5.74, 6) is 2.48. The predicted molar refractivity (Wildman–Crippen MR) is 220 cm³/mol. The number of amides is 4. The Morgan fingerprint density at radius 1 is 0.611 bits per heavy atom. The average Bonchev–Trinajstić information content (AvgIpc) is 3.46. The Hall–Kier alpha value is -4.13.